The summed E-state index contributed by atoms with van der Waals surface area (Å²) in [5.41, 5.74) is 2.57. The lowest BCUT2D eigenvalue weighted by Crippen LogP contribution is -2.34. The fraction of sp³-hybridized carbons (Fsp3) is 0.417. The minimum Gasteiger partial charge on any atom is -0.377 e. The molecule has 20 heavy (non-hydrogen) atoms. The number of imidazole rings is 1. The highest BCUT2D eigenvalue weighted by atomic mass is 16.5. The van der Waals surface area contributed by atoms with Gasteiger partial charge in [0.05, 0.1) is 6.54 Å². The van der Waals surface area contributed by atoms with Crippen LogP contribution in [0.4, 0.5) is 11.6 Å². The monoisotopic (exact) mass is 275 g/mol. The second kappa shape index (κ2) is 5.43. The zero-order chi connectivity index (χ0) is 13.9. The summed E-state index contributed by atoms with van der Waals surface area (Å²) < 4.78 is 7.23. The van der Waals surface area contributed by atoms with Gasteiger partial charge in [-0.25, -0.2) is 20.8 Å². The molecule has 3 heterocycles. The highest BCUT2D eigenvalue weighted by Crippen LogP contribution is 2.20. The first kappa shape index (κ1) is 12.8. The van der Waals surface area contributed by atoms with E-state index in [2.05, 4.69) is 29.8 Å². The molecule has 3 rings (SSSR count). The van der Waals surface area contributed by atoms with Gasteiger partial charge in [-0.05, 0) is 0 Å². The summed E-state index contributed by atoms with van der Waals surface area (Å²) in [7, 11) is 1.61. The van der Waals surface area contributed by atoms with Crippen molar-refractivity contribution in [1.29, 1.82) is 0 Å². The van der Waals surface area contributed by atoms with Gasteiger partial charge in [-0.15, -0.1) is 0 Å². The average Bonchev–Trinajstić information content (AvgIpc) is 2.94. The number of anilines is 2. The van der Waals surface area contributed by atoms with Gasteiger partial charge in [0.15, 0.2) is 5.82 Å². The maximum absolute atomic E-state index is 5.46. The van der Waals surface area contributed by atoms with Crippen molar-refractivity contribution >= 4 is 11.6 Å². The summed E-state index contributed by atoms with van der Waals surface area (Å²) in [5, 5.41) is 0. The number of ether oxygens (including phenoxy) is 1. The van der Waals surface area contributed by atoms with Crippen molar-refractivity contribution < 1.29 is 4.74 Å². The van der Waals surface area contributed by atoms with Gasteiger partial charge >= 0.3 is 0 Å². The number of fused-ring (bicyclic) bond motifs is 1. The first-order chi connectivity index (χ1) is 9.80. The Bertz CT molecular complexity index is 597. The van der Waals surface area contributed by atoms with E-state index in [9.17, 15) is 0 Å². The quantitative estimate of drug-likeness (QED) is 0.604. The summed E-state index contributed by atoms with van der Waals surface area (Å²) in [6.45, 7) is 2.84. The fourth-order valence-corrected chi connectivity index (χ4v) is 2.28. The summed E-state index contributed by atoms with van der Waals surface area (Å²) in [4.78, 5) is 15.3. The number of hydrogen-bond acceptors (Lipinski definition) is 7. The number of rotatable bonds is 4. The standard InChI is InChI=1S/C12H17N7O/c1-20-8-10-15-9(17-13)6-11(16-10)19-5-4-18-3-2-14-12(18)7-19/h2-3,6H,4-5,7-8,13H2,1H3,(H,15,16,17). The number of hydrogen-bond donors (Lipinski definition) is 2. The lowest BCUT2D eigenvalue weighted by atomic mass is 10.3. The number of nitrogens with two attached hydrogens (primary N) is 1. The molecule has 3 N–H and O–H groups in total. The number of methoxy groups -OCH3 is 1. The molecule has 0 amide bonds. The van der Waals surface area contributed by atoms with E-state index in [-0.39, 0.29) is 0 Å². The van der Waals surface area contributed by atoms with Crippen molar-refractivity contribution in [3.63, 3.8) is 0 Å². The second-order valence-corrected chi connectivity index (χ2v) is 4.56. The molecule has 1 aliphatic rings. The Morgan fingerprint density at radius 2 is 2.30 bits per heavy atom. The highest BCUT2D eigenvalue weighted by molar-refractivity contribution is 5.49. The molecular weight excluding hydrogens is 258 g/mol. The van der Waals surface area contributed by atoms with E-state index < -0.39 is 0 Å². The van der Waals surface area contributed by atoms with Crippen molar-refractivity contribution in [2.45, 2.75) is 19.7 Å². The normalized spacial score (nSPS) is 14.2. The fourth-order valence-electron chi connectivity index (χ4n) is 2.28. The predicted molar refractivity (Wildman–Crippen MR) is 73.8 cm³/mol. The van der Waals surface area contributed by atoms with Crippen LogP contribution in [-0.4, -0.2) is 33.2 Å². The third kappa shape index (κ3) is 2.43. The zero-order valence-corrected chi connectivity index (χ0v) is 11.3. The van der Waals surface area contributed by atoms with E-state index in [1.807, 2.05) is 18.5 Å². The van der Waals surface area contributed by atoms with E-state index in [1.165, 1.54) is 0 Å². The SMILES string of the molecule is COCc1nc(NN)cc(N2CCn3ccnc3C2)n1. The molecule has 8 heteroatoms. The van der Waals surface area contributed by atoms with Gasteiger partial charge in [-0.3, -0.25) is 0 Å². The van der Waals surface area contributed by atoms with Crippen LogP contribution >= 0.6 is 0 Å². The molecule has 0 bridgehead atoms. The number of hydrazine groups is 1. The van der Waals surface area contributed by atoms with Gasteiger partial charge in [0, 0.05) is 38.7 Å². The molecule has 0 saturated carbocycles. The van der Waals surface area contributed by atoms with Crippen LogP contribution in [-0.2, 0) is 24.4 Å². The third-order valence-corrected chi connectivity index (χ3v) is 3.25. The molecule has 8 nitrogen and oxygen atoms in total. The lowest BCUT2D eigenvalue weighted by molar-refractivity contribution is 0.178. The molecule has 0 aliphatic carbocycles. The van der Waals surface area contributed by atoms with Crippen LogP contribution in [0.15, 0.2) is 18.5 Å². The molecule has 2 aromatic heterocycles. The summed E-state index contributed by atoms with van der Waals surface area (Å²) in [6.07, 6.45) is 3.82. The minimum atomic E-state index is 0.352. The Labute approximate surface area is 116 Å². The Kier molecular flexibility index (Phi) is 3.48. The summed E-state index contributed by atoms with van der Waals surface area (Å²) in [6, 6.07) is 1.83. The van der Waals surface area contributed by atoms with Crippen LogP contribution in [0.3, 0.4) is 0 Å². The van der Waals surface area contributed by atoms with Gasteiger partial charge in [0.1, 0.15) is 24.1 Å². The van der Waals surface area contributed by atoms with Crippen LogP contribution in [0.25, 0.3) is 0 Å². The molecule has 0 fully saturated rings. The van der Waals surface area contributed by atoms with E-state index in [4.69, 9.17) is 10.6 Å². The molecule has 0 unspecified atom stereocenters. The molecule has 0 saturated heterocycles. The third-order valence-electron chi connectivity index (χ3n) is 3.25. The van der Waals surface area contributed by atoms with Crippen molar-refractivity contribution in [1.82, 2.24) is 19.5 Å². The van der Waals surface area contributed by atoms with Crippen molar-refractivity contribution in [2.24, 2.45) is 5.84 Å². The number of nitrogens with one attached hydrogen (secondary N) is 1. The van der Waals surface area contributed by atoms with Crippen LogP contribution in [0, 0.1) is 0 Å². The maximum atomic E-state index is 5.46. The first-order valence-electron chi connectivity index (χ1n) is 6.38. The molecule has 0 radical (unpaired) electrons. The molecule has 0 spiro atoms. The largest absolute Gasteiger partial charge is 0.377 e. The van der Waals surface area contributed by atoms with E-state index in [1.54, 1.807) is 7.11 Å². The van der Waals surface area contributed by atoms with Gasteiger partial charge in [-0.1, -0.05) is 0 Å². The molecule has 106 valence electrons. The van der Waals surface area contributed by atoms with Gasteiger partial charge in [0.25, 0.3) is 0 Å². The minimum absolute atomic E-state index is 0.352. The summed E-state index contributed by atoms with van der Waals surface area (Å²) >= 11 is 0. The van der Waals surface area contributed by atoms with Gasteiger partial charge in [0.2, 0.25) is 0 Å². The first-order valence-corrected chi connectivity index (χ1v) is 6.38. The molecule has 0 aromatic carbocycles. The number of nitrogen functional groups attached to an aromatic ring is 1. The molecule has 0 atom stereocenters. The van der Waals surface area contributed by atoms with Crippen molar-refractivity contribution in [3.05, 3.63) is 30.1 Å². The Balaban J connectivity index is 1.88. The Morgan fingerprint density at radius 1 is 1.40 bits per heavy atom. The molecular formula is C12H17N7O. The van der Waals surface area contributed by atoms with Crippen LogP contribution in [0.2, 0.25) is 0 Å². The summed E-state index contributed by atoms with van der Waals surface area (Å²) in [5.74, 6) is 8.50. The molecule has 2 aromatic rings. The van der Waals surface area contributed by atoms with E-state index in [0.29, 0.717) is 18.2 Å². The van der Waals surface area contributed by atoms with E-state index >= 15 is 0 Å². The Hall–Kier alpha value is -2.19. The van der Waals surface area contributed by atoms with Crippen molar-refractivity contribution in [3.8, 4) is 0 Å². The maximum Gasteiger partial charge on any atom is 0.158 e. The lowest BCUT2D eigenvalue weighted by Gasteiger charge is -2.29. The van der Waals surface area contributed by atoms with Crippen molar-refractivity contribution in [2.75, 3.05) is 24.0 Å². The van der Waals surface area contributed by atoms with Crippen LogP contribution < -0.4 is 16.2 Å². The number of aromatic nitrogens is 4. The zero-order valence-electron chi connectivity index (χ0n) is 11.3. The van der Waals surface area contributed by atoms with E-state index in [0.717, 1.165) is 31.3 Å². The highest BCUT2D eigenvalue weighted by Gasteiger charge is 2.19. The van der Waals surface area contributed by atoms with Gasteiger partial charge in [-0.2, -0.15) is 0 Å². The van der Waals surface area contributed by atoms with Gasteiger partial charge < -0.3 is 19.6 Å². The predicted octanol–water partition coefficient (Wildman–Crippen LogP) is 0.125. The topological polar surface area (TPSA) is 94.1 Å². The molecule has 1 aliphatic heterocycles. The van der Waals surface area contributed by atoms with Crippen LogP contribution in [0.1, 0.15) is 11.6 Å². The van der Waals surface area contributed by atoms with Crippen LogP contribution in [0.5, 0.6) is 0 Å². The second-order valence-electron chi connectivity index (χ2n) is 4.56. The average molecular weight is 275 g/mol. The smallest absolute Gasteiger partial charge is 0.158 e. The Morgan fingerprint density at radius 3 is 3.10 bits per heavy atom. The number of nitrogens with zero attached hydrogens (tertiary/aromatic N) is 5.